The molecule has 0 saturated carbocycles. The number of hydrogen-bond donors (Lipinski definition) is 0. The van der Waals surface area contributed by atoms with E-state index in [1.54, 1.807) is 0 Å². The molecule has 3 nitrogen and oxygen atoms in total. The molecule has 2 aromatic rings. The molecule has 268 valence electrons. The Morgan fingerprint density at radius 3 is 1.30 bits per heavy atom. The van der Waals surface area contributed by atoms with Crippen LogP contribution in [-0.4, -0.2) is 41.4 Å². The monoisotopic (exact) mass is 1100 g/mol. The van der Waals surface area contributed by atoms with E-state index in [9.17, 15) is 0 Å². The molecule has 0 aliphatic heterocycles. The SMILES string of the molecule is CCCCCCCCCCCCCCCCCCOC(CBr)COc1c(Br)cc(Cc2cc(Br)c(OCC(Br)CBr)c(Br)c2)cc1Br. The lowest BCUT2D eigenvalue weighted by molar-refractivity contribution is 0.0335. The lowest BCUT2D eigenvalue weighted by Crippen LogP contribution is -2.24. The van der Waals surface area contributed by atoms with Gasteiger partial charge in [0.1, 0.15) is 30.8 Å². The van der Waals surface area contributed by atoms with Crippen LogP contribution in [0.2, 0.25) is 0 Å². The van der Waals surface area contributed by atoms with Crippen LogP contribution in [0, 0.1) is 0 Å². The van der Waals surface area contributed by atoms with E-state index in [0.717, 1.165) is 59.5 Å². The van der Waals surface area contributed by atoms with Gasteiger partial charge >= 0.3 is 0 Å². The molecule has 0 spiro atoms. The summed E-state index contributed by atoms with van der Waals surface area (Å²) in [6.45, 7) is 4.13. The maximum atomic E-state index is 6.23. The summed E-state index contributed by atoms with van der Waals surface area (Å²) in [5.74, 6) is 1.61. The normalized spacial score (nSPS) is 12.8. The van der Waals surface area contributed by atoms with Crippen LogP contribution < -0.4 is 9.47 Å². The van der Waals surface area contributed by atoms with Gasteiger partial charge in [0, 0.05) is 17.3 Å². The molecule has 2 atom stereocenters. The highest BCUT2D eigenvalue weighted by Gasteiger charge is 2.16. The number of ether oxygens (including phenoxy) is 3. The number of hydrogen-bond acceptors (Lipinski definition) is 3. The molecule has 47 heavy (non-hydrogen) atoms. The van der Waals surface area contributed by atoms with Gasteiger partial charge in [-0.1, -0.05) is 151 Å². The molecule has 10 heteroatoms. The zero-order valence-electron chi connectivity index (χ0n) is 27.9. The van der Waals surface area contributed by atoms with Gasteiger partial charge in [-0.15, -0.1) is 0 Å². The number of alkyl halides is 3. The summed E-state index contributed by atoms with van der Waals surface area (Å²) in [4.78, 5) is 0.247. The second-order valence-electron chi connectivity index (χ2n) is 12.3. The van der Waals surface area contributed by atoms with Crippen molar-refractivity contribution >= 4 is 112 Å². The Hall–Kier alpha value is 1.36. The fourth-order valence-electron chi connectivity index (χ4n) is 5.37. The summed E-state index contributed by atoms with van der Waals surface area (Å²) in [6.07, 6.45) is 22.8. The Morgan fingerprint density at radius 1 is 0.532 bits per heavy atom. The smallest absolute Gasteiger partial charge is 0.147 e. The minimum absolute atomic E-state index is 0.00889. The van der Waals surface area contributed by atoms with E-state index in [1.165, 1.54) is 107 Å². The van der Waals surface area contributed by atoms with Crippen LogP contribution in [0.4, 0.5) is 0 Å². The number of rotatable bonds is 28. The predicted molar refractivity (Wildman–Crippen MR) is 227 cm³/mol. The lowest BCUT2D eigenvalue weighted by atomic mass is 10.0. The van der Waals surface area contributed by atoms with Gasteiger partial charge in [0.05, 0.1) is 22.7 Å². The first-order chi connectivity index (χ1) is 22.8. The molecule has 0 aromatic heterocycles. The quantitative estimate of drug-likeness (QED) is 0.0628. The van der Waals surface area contributed by atoms with E-state index in [-0.39, 0.29) is 10.9 Å². The van der Waals surface area contributed by atoms with Gasteiger partial charge in [0.2, 0.25) is 0 Å². The van der Waals surface area contributed by atoms with Crippen molar-refractivity contribution in [3.63, 3.8) is 0 Å². The summed E-state index contributed by atoms with van der Waals surface area (Å²) in [6, 6.07) is 8.47. The van der Waals surface area contributed by atoms with Crippen molar-refractivity contribution in [2.24, 2.45) is 0 Å². The van der Waals surface area contributed by atoms with Gasteiger partial charge in [-0.25, -0.2) is 0 Å². The minimum atomic E-state index is 0.00889. The first-order valence-electron chi connectivity index (χ1n) is 17.4. The maximum absolute atomic E-state index is 6.23. The van der Waals surface area contributed by atoms with Crippen molar-refractivity contribution in [1.29, 1.82) is 0 Å². The second-order valence-corrected chi connectivity index (χ2v) is 18.3. The third kappa shape index (κ3) is 19.7. The van der Waals surface area contributed by atoms with Gasteiger partial charge < -0.3 is 14.2 Å². The molecule has 0 heterocycles. The van der Waals surface area contributed by atoms with Gasteiger partial charge in [0.25, 0.3) is 0 Å². The molecule has 0 bridgehead atoms. The summed E-state index contributed by atoms with van der Waals surface area (Å²) < 4.78 is 22.1. The molecule has 2 unspecified atom stereocenters. The minimum Gasteiger partial charge on any atom is -0.490 e. The van der Waals surface area contributed by atoms with Crippen molar-refractivity contribution in [2.45, 2.75) is 127 Å². The Bertz CT molecular complexity index is 1070. The molecule has 0 aliphatic rings. The highest BCUT2D eigenvalue weighted by atomic mass is 79.9. The Morgan fingerprint density at radius 2 is 0.915 bits per heavy atom. The van der Waals surface area contributed by atoms with Crippen molar-refractivity contribution < 1.29 is 14.2 Å². The lowest BCUT2D eigenvalue weighted by Gasteiger charge is -2.18. The predicted octanol–water partition coefficient (Wildman–Crippen LogP) is 15.3. The topological polar surface area (TPSA) is 27.7 Å². The van der Waals surface area contributed by atoms with E-state index in [2.05, 4.69) is 143 Å². The first kappa shape index (κ1) is 44.5. The molecule has 0 radical (unpaired) electrons. The Kier molecular flexibility index (Phi) is 26.5. The molecule has 0 amide bonds. The van der Waals surface area contributed by atoms with E-state index in [4.69, 9.17) is 14.2 Å². The highest BCUT2D eigenvalue weighted by molar-refractivity contribution is 9.12. The average molecular weight is 1110 g/mol. The Labute approximate surface area is 344 Å². The summed E-state index contributed by atoms with van der Waals surface area (Å²) in [7, 11) is 0. The first-order valence-corrected chi connectivity index (χ1v) is 23.7. The third-order valence-electron chi connectivity index (χ3n) is 8.04. The number of unbranched alkanes of at least 4 members (excludes halogenated alkanes) is 15. The van der Waals surface area contributed by atoms with E-state index in [1.807, 2.05) is 0 Å². The van der Waals surface area contributed by atoms with Crippen molar-refractivity contribution in [2.75, 3.05) is 30.5 Å². The molecule has 0 N–H and O–H groups in total. The van der Waals surface area contributed by atoms with Gasteiger partial charge in [0.15, 0.2) is 0 Å². The fraction of sp³-hybridized carbons (Fsp3) is 0.676. The highest BCUT2D eigenvalue weighted by Crippen LogP contribution is 2.38. The van der Waals surface area contributed by atoms with Crippen LogP contribution in [-0.2, 0) is 11.2 Å². The summed E-state index contributed by atoms with van der Waals surface area (Å²) in [5, 5.41) is 1.57. The van der Waals surface area contributed by atoms with E-state index < -0.39 is 0 Å². The van der Waals surface area contributed by atoms with E-state index >= 15 is 0 Å². The molecule has 0 aliphatic carbocycles. The molecular weight excluding hydrogens is 1050 g/mol. The zero-order chi connectivity index (χ0) is 34.3. The molecular formula is C37H53Br7O3. The van der Waals surface area contributed by atoms with Crippen LogP contribution >= 0.6 is 112 Å². The van der Waals surface area contributed by atoms with Crippen molar-refractivity contribution in [1.82, 2.24) is 0 Å². The van der Waals surface area contributed by atoms with Gasteiger partial charge in [-0.3, -0.25) is 0 Å². The Balaban J connectivity index is 1.63. The third-order valence-corrected chi connectivity index (χ3v) is 13.4. The van der Waals surface area contributed by atoms with Gasteiger partial charge in [-0.05, 0) is 112 Å². The summed E-state index contributed by atoms with van der Waals surface area (Å²) in [5.41, 5.74) is 2.33. The largest absolute Gasteiger partial charge is 0.490 e. The van der Waals surface area contributed by atoms with Crippen LogP contribution in [0.25, 0.3) is 0 Å². The second kappa shape index (κ2) is 27.9. The van der Waals surface area contributed by atoms with E-state index in [0.29, 0.717) is 13.2 Å². The fourth-order valence-corrected chi connectivity index (χ4v) is 9.09. The van der Waals surface area contributed by atoms with Crippen molar-refractivity contribution in [3.8, 4) is 11.5 Å². The molecule has 2 aromatic carbocycles. The zero-order valence-corrected chi connectivity index (χ0v) is 39.0. The summed E-state index contributed by atoms with van der Waals surface area (Å²) >= 11 is 25.5. The molecule has 2 rings (SSSR count). The average Bonchev–Trinajstić information content (AvgIpc) is 3.04. The van der Waals surface area contributed by atoms with Crippen LogP contribution in [0.1, 0.15) is 121 Å². The van der Waals surface area contributed by atoms with Crippen LogP contribution in [0.3, 0.4) is 0 Å². The maximum Gasteiger partial charge on any atom is 0.147 e. The van der Waals surface area contributed by atoms with Crippen LogP contribution in [0.15, 0.2) is 42.2 Å². The van der Waals surface area contributed by atoms with Gasteiger partial charge in [-0.2, -0.15) is 0 Å². The standard InChI is InChI=1S/C37H53Br7O3/c1-2-3-4-5-6-7-8-9-10-11-12-13-14-15-16-17-18-45-31(25-39)27-47-37-34(43)22-29(23-35(37)44)19-28-20-32(41)36(33(42)21-28)46-26-30(40)24-38/h20-23,30-31H,2-19,24-27H2,1H3. The molecule has 0 fully saturated rings. The van der Waals surface area contributed by atoms with Crippen molar-refractivity contribution in [3.05, 3.63) is 53.3 Å². The van der Waals surface area contributed by atoms with Crippen LogP contribution in [0.5, 0.6) is 11.5 Å². The number of halogens is 7. The molecule has 0 saturated heterocycles. The number of benzene rings is 2.